The zero-order chi connectivity index (χ0) is 18.0. The number of fused-ring (bicyclic) bond motifs is 1. The van der Waals surface area contributed by atoms with E-state index in [1.807, 2.05) is 6.07 Å². The van der Waals surface area contributed by atoms with Crippen molar-refractivity contribution >= 4 is 73.1 Å². The number of nitrogens with one attached hydrogen (secondary N) is 2. The van der Waals surface area contributed by atoms with E-state index in [2.05, 4.69) is 15.6 Å². The summed E-state index contributed by atoms with van der Waals surface area (Å²) in [6.45, 7) is 0. The Morgan fingerprint density at radius 2 is 2.08 bits per heavy atom. The number of hydrogen-bond acceptors (Lipinski definition) is 5. The molecular formula is C16H11Cl2N3O2S2. The molecule has 2 aromatic carbocycles. The van der Waals surface area contributed by atoms with Crippen LogP contribution in [0.25, 0.3) is 10.2 Å². The topological polar surface area (TPSA) is 63.2 Å². The minimum Gasteiger partial charge on any atom is -0.497 e. The average molecular weight is 412 g/mol. The van der Waals surface area contributed by atoms with Crippen LogP contribution in [0, 0.1) is 0 Å². The average Bonchev–Trinajstić information content (AvgIpc) is 3.01. The Morgan fingerprint density at radius 3 is 2.84 bits per heavy atom. The molecule has 0 saturated heterocycles. The molecule has 1 heterocycles. The normalized spacial score (nSPS) is 10.5. The van der Waals surface area contributed by atoms with Crippen LogP contribution in [-0.2, 0) is 0 Å². The highest BCUT2D eigenvalue weighted by atomic mass is 35.5. The minimum absolute atomic E-state index is 0.133. The van der Waals surface area contributed by atoms with Crippen molar-refractivity contribution in [3.8, 4) is 5.75 Å². The Morgan fingerprint density at radius 1 is 1.28 bits per heavy atom. The molecule has 0 bridgehead atoms. The van der Waals surface area contributed by atoms with Gasteiger partial charge in [0.1, 0.15) is 11.3 Å². The van der Waals surface area contributed by atoms with Gasteiger partial charge in [0.2, 0.25) is 0 Å². The Hall–Kier alpha value is -1.93. The molecule has 3 aromatic rings. The minimum atomic E-state index is -0.349. The summed E-state index contributed by atoms with van der Waals surface area (Å²) in [6, 6.07) is 10.3. The molecule has 128 valence electrons. The van der Waals surface area contributed by atoms with Crippen molar-refractivity contribution < 1.29 is 9.53 Å². The van der Waals surface area contributed by atoms with Gasteiger partial charge < -0.3 is 10.1 Å². The smallest absolute Gasteiger partial charge is 0.257 e. The first-order valence-electron chi connectivity index (χ1n) is 6.99. The molecule has 0 atom stereocenters. The van der Waals surface area contributed by atoms with Crippen molar-refractivity contribution in [1.82, 2.24) is 10.3 Å². The zero-order valence-corrected chi connectivity index (χ0v) is 15.9. The second-order valence-electron chi connectivity index (χ2n) is 4.87. The zero-order valence-electron chi connectivity index (χ0n) is 12.8. The standard InChI is InChI=1S/C16H11Cl2N3O2S2/c1-23-9-4-2-3-8(7-9)14(22)20-15(24)21-16-19-13-11(25-16)6-5-10(17)12(13)18/h2-7H,1H3,(H2,19,20,21,22,24). The fourth-order valence-corrected chi connectivity index (χ4v) is 3.61. The van der Waals surface area contributed by atoms with Gasteiger partial charge in [-0.3, -0.25) is 10.1 Å². The first-order chi connectivity index (χ1) is 12.0. The van der Waals surface area contributed by atoms with Crippen molar-refractivity contribution in [2.75, 3.05) is 12.4 Å². The summed E-state index contributed by atoms with van der Waals surface area (Å²) in [6.07, 6.45) is 0. The van der Waals surface area contributed by atoms with Gasteiger partial charge in [0.25, 0.3) is 5.91 Å². The number of carbonyl (C=O) groups excluding carboxylic acids is 1. The predicted octanol–water partition coefficient (Wildman–Crippen LogP) is 4.74. The van der Waals surface area contributed by atoms with E-state index in [0.29, 0.717) is 32.0 Å². The molecule has 5 nitrogen and oxygen atoms in total. The number of amides is 1. The lowest BCUT2D eigenvalue weighted by Crippen LogP contribution is -2.34. The number of thiocarbonyl (C=S) groups is 1. The number of rotatable bonds is 3. The first kappa shape index (κ1) is 17.9. The Labute approximate surface area is 162 Å². The molecule has 9 heteroatoms. The van der Waals surface area contributed by atoms with E-state index in [1.165, 1.54) is 18.4 Å². The first-order valence-corrected chi connectivity index (χ1v) is 8.97. The third-order valence-electron chi connectivity index (χ3n) is 3.23. The van der Waals surface area contributed by atoms with Crippen molar-refractivity contribution in [3.05, 3.63) is 52.0 Å². The third-order valence-corrected chi connectivity index (χ3v) is 5.17. The Kier molecular flexibility index (Phi) is 5.39. The van der Waals surface area contributed by atoms with Crippen molar-refractivity contribution in [2.45, 2.75) is 0 Å². The van der Waals surface area contributed by atoms with Gasteiger partial charge in [-0.05, 0) is 42.5 Å². The molecular weight excluding hydrogens is 401 g/mol. The number of hydrogen-bond donors (Lipinski definition) is 2. The highest BCUT2D eigenvalue weighted by Gasteiger charge is 2.13. The van der Waals surface area contributed by atoms with E-state index >= 15 is 0 Å². The predicted molar refractivity (Wildman–Crippen MR) is 106 cm³/mol. The number of halogens is 2. The van der Waals surface area contributed by atoms with Crippen LogP contribution in [0.4, 0.5) is 5.13 Å². The van der Waals surface area contributed by atoms with Gasteiger partial charge >= 0.3 is 0 Å². The molecule has 1 aromatic heterocycles. The maximum absolute atomic E-state index is 12.2. The lowest BCUT2D eigenvalue weighted by Gasteiger charge is -2.08. The molecule has 3 rings (SSSR count). The molecule has 0 radical (unpaired) electrons. The molecule has 0 aliphatic rings. The SMILES string of the molecule is COc1cccc(C(=O)NC(=S)Nc2nc3c(Cl)c(Cl)ccc3s2)c1. The van der Waals surface area contributed by atoms with Gasteiger partial charge in [-0.25, -0.2) is 4.98 Å². The van der Waals surface area contributed by atoms with Gasteiger partial charge in [-0.1, -0.05) is 40.6 Å². The molecule has 25 heavy (non-hydrogen) atoms. The summed E-state index contributed by atoms with van der Waals surface area (Å²) >= 11 is 18.6. The Bertz CT molecular complexity index is 975. The van der Waals surface area contributed by atoms with Crippen LogP contribution in [0.3, 0.4) is 0 Å². The fraction of sp³-hybridized carbons (Fsp3) is 0.0625. The Balaban J connectivity index is 1.72. The molecule has 1 amide bonds. The summed E-state index contributed by atoms with van der Waals surface area (Å²) in [5.41, 5.74) is 1.02. The van der Waals surface area contributed by atoms with Crippen LogP contribution in [-0.4, -0.2) is 23.1 Å². The van der Waals surface area contributed by atoms with E-state index in [4.69, 9.17) is 40.2 Å². The molecule has 0 saturated carbocycles. The second-order valence-corrected chi connectivity index (χ2v) is 7.09. The van der Waals surface area contributed by atoms with Gasteiger partial charge in [0, 0.05) is 5.56 Å². The summed E-state index contributed by atoms with van der Waals surface area (Å²) < 4.78 is 5.96. The van der Waals surface area contributed by atoms with Gasteiger partial charge in [0.15, 0.2) is 10.2 Å². The number of thiazole rings is 1. The number of anilines is 1. The number of carbonyl (C=O) groups is 1. The second kappa shape index (κ2) is 7.53. The van der Waals surface area contributed by atoms with E-state index in [9.17, 15) is 4.79 Å². The summed E-state index contributed by atoms with van der Waals surface area (Å²) in [7, 11) is 1.54. The number of methoxy groups -OCH3 is 1. The quantitative estimate of drug-likeness (QED) is 0.609. The van der Waals surface area contributed by atoms with Gasteiger partial charge in [-0.2, -0.15) is 0 Å². The van der Waals surface area contributed by atoms with Crippen LogP contribution in [0.1, 0.15) is 10.4 Å². The molecule has 0 spiro atoms. The molecule has 2 N–H and O–H groups in total. The molecule has 0 aliphatic heterocycles. The van der Waals surface area contributed by atoms with Gasteiger partial charge in [-0.15, -0.1) is 0 Å². The van der Waals surface area contributed by atoms with E-state index in [1.54, 1.807) is 30.3 Å². The van der Waals surface area contributed by atoms with E-state index in [0.717, 1.165) is 4.70 Å². The number of benzene rings is 2. The molecule has 0 aliphatic carbocycles. The summed E-state index contributed by atoms with van der Waals surface area (Å²) in [4.78, 5) is 16.6. The maximum Gasteiger partial charge on any atom is 0.257 e. The maximum atomic E-state index is 12.2. The highest BCUT2D eigenvalue weighted by molar-refractivity contribution is 7.80. The van der Waals surface area contributed by atoms with Crippen LogP contribution in [0.5, 0.6) is 5.75 Å². The number of aromatic nitrogens is 1. The molecule has 0 fully saturated rings. The van der Waals surface area contributed by atoms with Crippen LogP contribution in [0.2, 0.25) is 10.0 Å². The van der Waals surface area contributed by atoms with Crippen LogP contribution < -0.4 is 15.4 Å². The van der Waals surface area contributed by atoms with E-state index < -0.39 is 0 Å². The number of ether oxygens (including phenoxy) is 1. The van der Waals surface area contributed by atoms with Crippen molar-refractivity contribution in [1.29, 1.82) is 0 Å². The van der Waals surface area contributed by atoms with Crippen molar-refractivity contribution in [2.24, 2.45) is 0 Å². The van der Waals surface area contributed by atoms with Crippen molar-refractivity contribution in [3.63, 3.8) is 0 Å². The van der Waals surface area contributed by atoms with Crippen LogP contribution >= 0.6 is 46.8 Å². The number of nitrogens with zero attached hydrogens (tertiary/aromatic N) is 1. The lowest BCUT2D eigenvalue weighted by atomic mass is 10.2. The third kappa shape index (κ3) is 4.01. The summed E-state index contributed by atoms with van der Waals surface area (Å²) in [5.74, 6) is 0.239. The largest absolute Gasteiger partial charge is 0.497 e. The van der Waals surface area contributed by atoms with E-state index in [-0.39, 0.29) is 11.0 Å². The summed E-state index contributed by atoms with van der Waals surface area (Å²) in [5, 5.41) is 6.94. The monoisotopic (exact) mass is 411 g/mol. The lowest BCUT2D eigenvalue weighted by molar-refractivity contribution is 0.0977. The molecule has 0 unspecified atom stereocenters. The highest BCUT2D eigenvalue weighted by Crippen LogP contribution is 2.35. The van der Waals surface area contributed by atoms with Gasteiger partial charge in [0.05, 0.1) is 21.9 Å². The fourth-order valence-electron chi connectivity index (χ4n) is 2.06. The van der Waals surface area contributed by atoms with Crippen LogP contribution in [0.15, 0.2) is 36.4 Å².